The van der Waals surface area contributed by atoms with Crippen LogP contribution in [-0.4, -0.2) is 32.4 Å². The van der Waals surface area contributed by atoms with Crippen molar-refractivity contribution in [1.29, 1.82) is 0 Å². The van der Waals surface area contributed by atoms with Gasteiger partial charge in [0.15, 0.2) is 0 Å². The highest BCUT2D eigenvalue weighted by molar-refractivity contribution is 7.87. The molecule has 0 aromatic carbocycles. The van der Waals surface area contributed by atoms with Crippen molar-refractivity contribution in [2.24, 2.45) is 0 Å². The second-order valence-electron chi connectivity index (χ2n) is 1.84. The third-order valence-electron chi connectivity index (χ3n) is 0.915. The molecule has 1 unspecified atom stereocenters. The SMILES string of the molecule is CC(C[SH](=O)=O)S(=O)(=O)O. The smallest absolute Gasteiger partial charge is 0.268 e. The van der Waals surface area contributed by atoms with Crippen LogP contribution in [0.3, 0.4) is 0 Å². The van der Waals surface area contributed by atoms with Crippen molar-refractivity contribution in [1.82, 2.24) is 0 Å². The van der Waals surface area contributed by atoms with E-state index < -0.39 is 31.8 Å². The van der Waals surface area contributed by atoms with Gasteiger partial charge in [-0.2, -0.15) is 8.42 Å². The highest BCUT2D eigenvalue weighted by Crippen LogP contribution is 1.96. The van der Waals surface area contributed by atoms with Gasteiger partial charge in [-0.25, -0.2) is 8.42 Å². The number of hydrogen-bond donors (Lipinski definition) is 2. The molecule has 0 aliphatic carbocycles. The quantitative estimate of drug-likeness (QED) is 0.432. The molecule has 0 radical (unpaired) electrons. The molecule has 1 N–H and O–H groups in total. The van der Waals surface area contributed by atoms with Crippen molar-refractivity contribution in [3.63, 3.8) is 0 Å². The van der Waals surface area contributed by atoms with Gasteiger partial charge in [0.05, 0.1) is 11.0 Å². The molecule has 0 aliphatic heterocycles. The molecule has 7 heteroatoms. The van der Waals surface area contributed by atoms with E-state index >= 15 is 0 Å². The van der Waals surface area contributed by atoms with Crippen LogP contribution < -0.4 is 0 Å². The Morgan fingerprint density at radius 3 is 2.00 bits per heavy atom. The van der Waals surface area contributed by atoms with E-state index in [1.165, 1.54) is 0 Å². The van der Waals surface area contributed by atoms with Crippen LogP contribution in [0.4, 0.5) is 0 Å². The van der Waals surface area contributed by atoms with Crippen LogP contribution in [0.5, 0.6) is 0 Å². The van der Waals surface area contributed by atoms with Crippen molar-refractivity contribution < 1.29 is 21.4 Å². The van der Waals surface area contributed by atoms with Crippen molar-refractivity contribution in [2.45, 2.75) is 12.2 Å². The van der Waals surface area contributed by atoms with E-state index in [2.05, 4.69) is 0 Å². The Morgan fingerprint density at radius 1 is 1.50 bits per heavy atom. The fraction of sp³-hybridized carbons (Fsp3) is 1.00. The summed E-state index contributed by atoms with van der Waals surface area (Å²) in [5, 5.41) is -1.23. The van der Waals surface area contributed by atoms with E-state index in [-0.39, 0.29) is 0 Å². The maximum Gasteiger partial charge on any atom is 0.268 e. The molecule has 0 aromatic rings. The topological polar surface area (TPSA) is 88.5 Å². The summed E-state index contributed by atoms with van der Waals surface area (Å²) in [5.41, 5.74) is 0. The lowest BCUT2D eigenvalue weighted by Gasteiger charge is -2.00. The normalized spacial score (nSPS) is 15.5. The summed E-state index contributed by atoms with van der Waals surface area (Å²) in [6.45, 7) is 1.13. The average molecular weight is 188 g/mol. The van der Waals surface area contributed by atoms with Gasteiger partial charge in [0.2, 0.25) is 0 Å². The second kappa shape index (κ2) is 3.31. The number of rotatable bonds is 3. The maximum atomic E-state index is 10.2. The molecule has 1 atom stereocenters. The van der Waals surface area contributed by atoms with Crippen LogP contribution in [-0.2, 0) is 20.8 Å². The summed E-state index contributed by atoms with van der Waals surface area (Å²) in [7, 11) is -6.93. The summed E-state index contributed by atoms with van der Waals surface area (Å²) in [4.78, 5) is 0. The standard InChI is InChI=1S/C3H8O5S2/c1-3(2-9(4)5)10(6,7)8/h3,9H,2H2,1H3,(H,6,7,8). The van der Waals surface area contributed by atoms with Gasteiger partial charge in [-0.15, -0.1) is 0 Å². The van der Waals surface area contributed by atoms with E-state index in [4.69, 9.17) is 4.55 Å². The Balaban J connectivity index is 4.26. The van der Waals surface area contributed by atoms with Gasteiger partial charge in [0.25, 0.3) is 10.1 Å². The number of thiol groups is 1. The van der Waals surface area contributed by atoms with Crippen LogP contribution in [0.25, 0.3) is 0 Å². The summed E-state index contributed by atoms with van der Waals surface area (Å²) in [5.74, 6) is -0.534. The van der Waals surface area contributed by atoms with Crippen LogP contribution in [0.2, 0.25) is 0 Å². The van der Waals surface area contributed by atoms with Crippen LogP contribution >= 0.6 is 0 Å². The molecular weight excluding hydrogens is 180 g/mol. The molecule has 0 spiro atoms. The number of hydrogen-bond acceptors (Lipinski definition) is 4. The largest absolute Gasteiger partial charge is 0.285 e. The molecular formula is C3H8O5S2. The minimum Gasteiger partial charge on any atom is -0.285 e. The third kappa shape index (κ3) is 3.80. The lowest BCUT2D eigenvalue weighted by Crippen LogP contribution is -2.21. The fourth-order valence-electron chi connectivity index (χ4n) is 0.304. The Labute approximate surface area is 60.8 Å². The molecule has 62 valence electrons. The highest BCUT2D eigenvalue weighted by Gasteiger charge is 2.17. The molecule has 0 aromatic heterocycles. The molecule has 0 rings (SSSR count). The summed E-state index contributed by atoms with van der Waals surface area (Å²) in [6, 6.07) is 0. The van der Waals surface area contributed by atoms with Gasteiger partial charge >= 0.3 is 0 Å². The summed E-state index contributed by atoms with van der Waals surface area (Å²) < 4.78 is 48.4. The molecule has 0 saturated heterocycles. The molecule has 0 fully saturated rings. The molecule has 10 heavy (non-hydrogen) atoms. The second-order valence-corrected chi connectivity index (χ2v) is 4.71. The minimum atomic E-state index is -4.18. The van der Waals surface area contributed by atoms with Crippen molar-refractivity contribution >= 4 is 20.8 Å². The molecule has 0 heterocycles. The molecule has 0 bridgehead atoms. The molecule has 0 aliphatic rings. The molecule has 0 amide bonds. The third-order valence-corrected chi connectivity index (χ3v) is 3.19. The minimum absolute atomic E-state index is 0.534. The molecule has 0 saturated carbocycles. The van der Waals surface area contributed by atoms with Crippen molar-refractivity contribution in [2.75, 3.05) is 5.75 Å². The Hall–Kier alpha value is -0.140. The van der Waals surface area contributed by atoms with Gasteiger partial charge in [-0.05, 0) is 6.92 Å². The van der Waals surface area contributed by atoms with Crippen LogP contribution in [0, 0.1) is 0 Å². The van der Waals surface area contributed by atoms with Gasteiger partial charge in [0.1, 0.15) is 10.7 Å². The summed E-state index contributed by atoms with van der Waals surface area (Å²) in [6.07, 6.45) is 0. The summed E-state index contributed by atoms with van der Waals surface area (Å²) >= 11 is 0. The first-order chi connectivity index (χ1) is 4.34. The predicted molar refractivity (Wildman–Crippen MR) is 36.2 cm³/mol. The van der Waals surface area contributed by atoms with E-state index in [1.807, 2.05) is 0 Å². The maximum absolute atomic E-state index is 10.2. The zero-order valence-corrected chi connectivity index (χ0v) is 6.93. The molecule has 5 nitrogen and oxygen atoms in total. The Morgan fingerprint density at radius 2 is 1.90 bits per heavy atom. The lowest BCUT2D eigenvalue weighted by atomic mass is 10.6. The first-order valence-electron chi connectivity index (χ1n) is 2.42. The van der Waals surface area contributed by atoms with Gasteiger partial charge in [0, 0.05) is 0 Å². The van der Waals surface area contributed by atoms with E-state index in [1.54, 1.807) is 0 Å². The van der Waals surface area contributed by atoms with Gasteiger partial charge in [-0.3, -0.25) is 4.55 Å². The van der Waals surface area contributed by atoms with Gasteiger partial charge in [-0.1, -0.05) is 0 Å². The first kappa shape index (κ1) is 9.86. The van der Waals surface area contributed by atoms with Crippen molar-refractivity contribution in [3.8, 4) is 0 Å². The lowest BCUT2D eigenvalue weighted by molar-refractivity contribution is 0.473. The zero-order valence-electron chi connectivity index (χ0n) is 5.22. The highest BCUT2D eigenvalue weighted by atomic mass is 32.2. The zero-order chi connectivity index (χ0) is 8.36. The van der Waals surface area contributed by atoms with Crippen LogP contribution in [0.1, 0.15) is 6.92 Å². The van der Waals surface area contributed by atoms with Crippen LogP contribution in [0.15, 0.2) is 0 Å². The Bertz CT molecular complexity index is 253. The van der Waals surface area contributed by atoms with E-state index in [0.29, 0.717) is 0 Å². The van der Waals surface area contributed by atoms with Gasteiger partial charge < -0.3 is 0 Å². The van der Waals surface area contributed by atoms with E-state index in [9.17, 15) is 16.8 Å². The van der Waals surface area contributed by atoms with E-state index in [0.717, 1.165) is 6.92 Å². The average Bonchev–Trinajstić information content (AvgIpc) is 1.60. The predicted octanol–water partition coefficient (Wildman–Crippen LogP) is -1.13. The monoisotopic (exact) mass is 188 g/mol. The fourth-order valence-corrected chi connectivity index (χ4v) is 1.84. The van der Waals surface area contributed by atoms with Crippen molar-refractivity contribution in [3.05, 3.63) is 0 Å². The Kier molecular flexibility index (Phi) is 3.26. The first-order valence-corrected chi connectivity index (χ1v) is 5.28.